The quantitative estimate of drug-likeness (QED) is 0.843. The second kappa shape index (κ2) is 5.06. The summed E-state index contributed by atoms with van der Waals surface area (Å²) in [5.41, 5.74) is 6.80. The van der Waals surface area contributed by atoms with Gasteiger partial charge in [-0.3, -0.25) is 4.31 Å². The average Bonchev–Trinajstić information content (AvgIpc) is 2.35. The fraction of sp³-hybridized carbons (Fsp3) is 0.500. The Morgan fingerprint density at radius 1 is 1.44 bits per heavy atom. The fourth-order valence-corrected chi connectivity index (χ4v) is 3.61. The number of benzene rings is 1. The predicted molar refractivity (Wildman–Crippen MR) is 72.4 cm³/mol. The van der Waals surface area contributed by atoms with Crippen molar-refractivity contribution in [3.63, 3.8) is 0 Å². The molecule has 100 valence electrons. The van der Waals surface area contributed by atoms with Gasteiger partial charge >= 0.3 is 0 Å². The number of rotatable bonds is 4. The Labute approximate surface area is 108 Å². The van der Waals surface area contributed by atoms with Crippen molar-refractivity contribution in [2.75, 3.05) is 28.9 Å². The first-order chi connectivity index (χ1) is 8.54. The van der Waals surface area contributed by atoms with Gasteiger partial charge in [-0.1, -0.05) is 13.3 Å². The van der Waals surface area contributed by atoms with E-state index in [1.165, 1.54) is 4.31 Å². The zero-order valence-electron chi connectivity index (χ0n) is 10.4. The second-order valence-electron chi connectivity index (χ2n) is 4.32. The number of nitrogens with two attached hydrogens (primary N) is 1. The molecule has 0 saturated heterocycles. The summed E-state index contributed by atoms with van der Waals surface area (Å²) < 4.78 is 31.4. The number of nitrogens with zero attached hydrogens (tertiary/aromatic N) is 1. The number of hydrogen-bond acceptors (Lipinski definition) is 4. The molecule has 1 aromatic carbocycles. The molecule has 0 unspecified atom stereocenters. The molecule has 0 spiro atoms. The molecule has 0 aliphatic carbocycles. The van der Waals surface area contributed by atoms with Crippen LogP contribution < -0.4 is 14.8 Å². The van der Waals surface area contributed by atoms with Gasteiger partial charge in [0.15, 0.2) is 0 Å². The molecule has 5 nitrogen and oxygen atoms in total. The molecular formula is C12H18N2O3S. The van der Waals surface area contributed by atoms with Gasteiger partial charge in [-0.25, -0.2) is 8.42 Å². The van der Waals surface area contributed by atoms with Crippen LogP contribution in [0.5, 0.6) is 5.75 Å². The van der Waals surface area contributed by atoms with Gasteiger partial charge in [0.1, 0.15) is 12.4 Å². The van der Waals surface area contributed by atoms with Gasteiger partial charge in [-0.2, -0.15) is 0 Å². The number of sulfonamides is 1. The molecule has 1 aliphatic rings. The topological polar surface area (TPSA) is 72.6 Å². The standard InChI is InChI=1S/C12H18N2O3S/c1-2-3-8-18(15,16)14-6-7-17-12-5-4-10(13)9-11(12)14/h4-5,9H,2-3,6-8,13H2,1H3. The van der Waals surface area contributed by atoms with Gasteiger partial charge in [0.05, 0.1) is 18.0 Å². The first kappa shape index (κ1) is 13.0. The van der Waals surface area contributed by atoms with Gasteiger partial charge in [-0.05, 0) is 24.6 Å². The largest absolute Gasteiger partial charge is 0.489 e. The SMILES string of the molecule is CCCCS(=O)(=O)N1CCOc2ccc(N)cc21. The van der Waals surface area contributed by atoms with Crippen LogP contribution in [0.4, 0.5) is 11.4 Å². The van der Waals surface area contributed by atoms with Crippen molar-refractivity contribution in [3.8, 4) is 5.75 Å². The van der Waals surface area contributed by atoms with Crippen LogP contribution in [0.2, 0.25) is 0 Å². The van der Waals surface area contributed by atoms with Crippen LogP contribution in [-0.2, 0) is 10.0 Å². The van der Waals surface area contributed by atoms with E-state index in [1.807, 2.05) is 6.92 Å². The highest BCUT2D eigenvalue weighted by atomic mass is 32.2. The molecule has 2 rings (SSSR count). The molecule has 6 heteroatoms. The molecule has 0 bridgehead atoms. The van der Waals surface area contributed by atoms with E-state index < -0.39 is 10.0 Å². The minimum absolute atomic E-state index is 0.164. The minimum atomic E-state index is -3.28. The molecule has 0 atom stereocenters. The molecule has 0 aromatic heterocycles. The zero-order chi connectivity index (χ0) is 13.2. The number of fused-ring (bicyclic) bond motifs is 1. The van der Waals surface area contributed by atoms with Crippen molar-refractivity contribution < 1.29 is 13.2 Å². The molecule has 1 aliphatic heterocycles. The summed E-state index contributed by atoms with van der Waals surface area (Å²) in [6, 6.07) is 5.07. The first-order valence-electron chi connectivity index (χ1n) is 6.07. The highest BCUT2D eigenvalue weighted by Crippen LogP contribution is 2.35. The van der Waals surface area contributed by atoms with Gasteiger partial charge in [0.25, 0.3) is 0 Å². The summed E-state index contributed by atoms with van der Waals surface area (Å²) in [6.07, 6.45) is 1.52. The normalized spacial score (nSPS) is 15.1. The van der Waals surface area contributed by atoms with Crippen molar-refractivity contribution in [2.45, 2.75) is 19.8 Å². The van der Waals surface area contributed by atoms with Crippen molar-refractivity contribution in [2.24, 2.45) is 0 Å². The summed E-state index contributed by atoms with van der Waals surface area (Å²) in [7, 11) is -3.28. The molecule has 0 amide bonds. The summed E-state index contributed by atoms with van der Waals surface area (Å²) in [5, 5.41) is 0. The number of anilines is 2. The minimum Gasteiger partial charge on any atom is -0.489 e. The van der Waals surface area contributed by atoms with Crippen LogP contribution in [0.25, 0.3) is 0 Å². The van der Waals surface area contributed by atoms with Gasteiger partial charge in [0.2, 0.25) is 10.0 Å². The van der Waals surface area contributed by atoms with Crippen molar-refractivity contribution >= 4 is 21.4 Å². The van der Waals surface area contributed by atoms with Gasteiger partial charge < -0.3 is 10.5 Å². The monoisotopic (exact) mass is 270 g/mol. The number of hydrogen-bond donors (Lipinski definition) is 1. The molecule has 18 heavy (non-hydrogen) atoms. The van der Waals surface area contributed by atoms with Gasteiger partial charge in [-0.15, -0.1) is 0 Å². The van der Waals surface area contributed by atoms with E-state index in [0.717, 1.165) is 6.42 Å². The summed E-state index contributed by atoms with van der Waals surface area (Å²) in [4.78, 5) is 0. The van der Waals surface area contributed by atoms with E-state index in [2.05, 4.69) is 0 Å². The molecule has 0 saturated carbocycles. The van der Waals surface area contributed by atoms with Crippen molar-refractivity contribution in [1.82, 2.24) is 0 Å². The van der Waals surface area contributed by atoms with Crippen molar-refractivity contribution in [1.29, 1.82) is 0 Å². The van der Waals surface area contributed by atoms with Crippen LogP contribution in [0.3, 0.4) is 0 Å². The molecular weight excluding hydrogens is 252 g/mol. The summed E-state index contributed by atoms with van der Waals surface area (Å²) in [5.74, 6) is 0.744. The number of nitrogen functional groups attached to an aromatic ring is 1. The zero-order valence-corrected chi connectivity index (χ0v) is 11.2. The van der Waals surface area contributed by atoms with Gasteiger partial charge in [0, 0.05) is 5.69 Å². The third-order valence-electron chi connectivity index (χ3n) is 2.90. The van der Waals surface area contributed by atoms with E-state index in [9.17, 15) is 8.42 Å². The Balaban J connectivity index is 2.35. The second-order valence-corrected chi connectivity index (χ2v) is 6.33. The lowest BCUT2D eigenvalue weighted by Crippen LogP contribution is -2.39. The fourth-order valence-electron chi connectivity index (χ4n) is 1.94. The van der Waals surface area contributed by atoms with Crippen LogP contribution >= 0.6 is 0 Å². The maximum atomic E-state index is 12.2. The molecule has 0 radical (unpaired) electrons. The summed E-state index contributed by atoms with van der Waals surface area (Å²) in [6.45, 7) is 2.70. The Morgan fingerprint density at radius 3 is 2.94 bits per heavy atom. The highest BCUT2D eigenvalue weighted by Gasteiger charge is 2.28. The number of unbranched alkanes of at least 4 members (excludes halogenated alkanes) is 1. The Kier molecular flexibility index (Phi) is 3.65. The Bertz CT molecular complexity index is 528. The third kappa shape index (κ3) is 2.53. The van der Waals surface area contributed by atoms with E-state index >= 15 is 0 Å². The first-order valence-corrected chi connectivity index (χ1v) is 7.68. The smallest absolute Gasteiger partial charge is 0.235 e. The highest BCUT2D eigenvalue weighted by molar-refractivity contribution is 7.92. The maximum Gasteiger partial charge on any atom is 0.235 e. The summed E-state index contributed by atoms with van der Waals surface area (Å²) >= 11 is 0. The third-order valence-corrected chi connectivity index (χ3v) is 4.75. The van der Waals surface area contributed by atoms with Crippen LogP contribution in [0, 0.1) is 0 Å². The Hall–Kier alpha value is -1.43. The average molecular weight is 270 g/mol. The lowest BCUT2D eigenvalue weighted by Gasteiger charge is -2.30. The number of ether oxygens (including phenoxy) is 1. The van der Waals surface area contributed by atoms with E-state index in [-0.39, 0.29) is 5.75 Å². The molecule has 1 heterocycles. The molecule has 1 aromatic rings. The van der Waals surface area contributed by atoms with Crippen LogP contribution in [0.1, 0.15) is 19.8 Å². The van der Waals surface area contributed by atoms with Crippen LogP contribution in [-0.4, -0.2) is 27.3 Å². The van der Waals surface area contributed by atoms with E-state index in [4.69, 9.17) is 10.5 Å². The van der Waals surface area contributed by atoms with Crippen LogP contribution in [0.15, 0.2) is 18.2 Å². The maximum absolute atomic E-state index is 12.2. The lowest BCUT2D eigenvalue weighted by atomic mass is 10.2. The van der Waals surface area contributed by atoms with Crippen molar-refractivity contribution in [3.05, 3.63) is 18.2 Å². The predicted octanol–water partition coefficient (Wildman–Crippen LogP) is 1.60. The molecule has 2 N–H and O–H groups in total. The van der Waals surface area contributed by atoms with E-state index in [0.29, 0.717) is 36.7 Å². The Morgan fingerprint density at radius 2 is 2.22 bits per heavy atom. The molecule has 0 fully saturated rings. The van der Waals surface area contributed by atoms with E-state index in [1.54, 1.807) is 18.2 Å². The lowest BCUT2D eigenvalue weighted by molar-refractivity contribution is 0.316.